The number of hydrogen-bond acceptors (Lipinski definition) is 4. The fourth-order valence-electron chi connectivity index (χ4n) is 1.75. The van der Waals surface area contributed by atoms with Crippen molar-refractivity contribution in [3.63, 3.8) is 0 Å². The summed E-state index contributed by atoms with van der Waals surface area (Å²) < 4.78 is 5.03. The van der Waals surface area contributed by atoms with E-state index in [4.69, 9.17) is 10.5 Å². The molecule has 106 valence electrons. The summed E-state index contributed by atoms with van der Waals surface area (Å²) in [4.78, 5) is 14.0. The van der Waals surface area contributed by atoms with Gasteiger partial charge in [-0.25, -0.2) is 0 Å². The summed E-state index contributed by atoms with van der Waals surface area (Å²) in [7, 11) is 1.68. The van der Waals surface area contributed by atoms with E-state index in [1.807, 2.05) is 12.1 Å². The second-order valence-electron chi connectivity index (χ2n) is 4.35. The van der Waals surface area contributed by atoms with Gasteiger partial charge in [-0.05, 0) is 24.7 Å². The highest BCUT2D eigenvalue weighted by Gasteiger charge is 2.07. The Labute approximate surface area is 114 Å². The summed E-state index contributed by atoms with van der Waals surface area (Å²) in [6.45, 7) is 5.25. The standard InChI is InChI=1S/C14H23N3O2/c1-3-17(9-10-19-2)8-7-14(18)16-13-6-4-5-12(15)11-13/h4-6,11H,3,7-10,15H2,1-2H3,(H,16,18). The smallest absolute Gasteiger partial charge is 0.225 e. The van der Waals surface area contributed by atoms with Crippen LogP contribution in [0, 0.1) is 0 Å². The highest BCUT2D eigenvalue weighted by atomic mass is 16.5. The van der Waals surface area contributed by atoms with Crippen molar-refractivity contribution in [1.29, 1.82) is 0 Å². The zero-order valence-corrected chi connectivity index (χ0v) is 11.7. The first-order valence-electron chi connectivity index (χ1n) is 6.52. The highest BCUT2D eigenvalue weighted by Crippen LogP contribution is 2.11. The van der Waals surface area contributed by atoms with Crippen molar-refractivity contribution in [3.05, 3.63) is 24.3 Å². The van der Waals surface area contributed by atoms with Crippen molar-refractivity contribution in [2.24, 2.45) is 0 Å². The van der Waals surface area contributed by atoms with Crippen LogP contribution in [-0.2, 0) is 9.53 Å². The van der Waals surface area contributed by atoms with E-state index in [1.165, 1.54) is 0 Å². The summed E-state index contributed by atoms with van der Waals surface area (Å²) in [5, 5.41) is 2.84. The number of benzene rings is 1. The molecule has 0 saturated heterocycles. The molecule has 1 aromatic rings. The van der Waals surface area contributed by atoms with E-state index >= 15 is 0 Å². The Morgan fingerprint density at radius 3 is 2.84 bits per heavy atom. The fourth-order valence-corrected chi connectivity index (χ4v) is 1.75. The van der Waals surface area contributed by atoms with Crippen molar-refractivity contribution in [3.8, 4) is 0 Å². The first kappa shape index (κ1) is 15.5. The topological polar surface area (TPSA) is 67.6 Å². The van der Waals surface area contributed by atoms with Gasteiger partial charge in [-0.15, -0.1) is 0 Å². The molecule has 0 aliphatic carbocycles. The minimum Gasteiger partial charge on any atom is -0.399 e. The van der Waals surface area contributed by atoms with Crippen LogP contribution in [0.25, 0.3) is 0 Å². The molecule has 1 rings (SSSR count). The van der Waals surface area contributed by atoms with Crippen molar-refractivity contribution in [2.45, 2.75) is 13.3 Å². The van der Waals surface area contributed by atoms with Gasteiger partial charge in [0.05, 0.1) is 6.61 Å². The molecule has 0 unspecified atom stereocenters. The quantitative estimate of drug-likeness (QED) is 0.700. The lowest BCUT2D eigenvalue weighted by atomic mass is 10.2. The zero-order chi connectivity index (χ0) is 14.1. The van der Waals surface area contributed by atoms with Crippen LogP contribution in [0.5, 0.6) is 0 Å². The molecule has 0 bridgehead atoms. The first-order chi connectivity index (χ1) is 9.15. The molecule has 0 atom stereocenters. The predicted molar refractivity (Wildman–Crippen MR) is 78.1 cm³/mol. The Bertz CT molecular complexity index is 396. The van der Waals surface area contributed by atoms with Gasteiger partial charge in [-0.2, -0.15) is 0 Å². The molecule has 0 radical (unpaired) electrons. The molecular formula is C14H23N3O2. The average molecular weight is 265 g/mol. The molecule has 0 aliphatic heterocycles. The van der Waals surface area contributed by atoms with Gasteiger partial charge in [-0.3, -0.25) is 4.79 Å². The minimum atomic E-state index is 0.00136. The summed E-state index contributed by atoms with van der Waals surface area (Å²) in [5.74, 6) is 0.00136. The number of hydrogen-bond donors (Lipinski definition) is 2. The largest absolute Gasteiger partial charge is 0.399 e. The van der Waals surface area contributed by atoms with Crippen molar-refractivity contribution >= 4 is 17.3 Å². The number of anilines is 2. The van der Waals surface area contributed by atoms with Crippen molar-refractivity contribution in [1.82, 2.24) is 4.90 Å². The van der Waals surface area contributed by atoms with E-state index < -0.39 is 0 Å². The number of nitrogens with one attached hydrogen (secondary N) is 1. The van der Waals surface area contributed by atoms with Gasteiger partial charge in [0.1, 0.15) is 0 Å². The molecule has 1 aromatic carbocycles. The molecule has 0 spiro atoms. The van der Waals surface area contributed by atoms with Gasteiger partial charge in [0.25, 0.3) is 0 Å². The molecule has 1 amide bonds. The van der Waals surface area contributed by atoms with Crippen LogP contribution in [0.15, 0.2) is 24.3 Å². The Balaban J connectivity index is 2.34. The lowest BCUT2D eigenvalue weighted by molar-refractivity contribution is -0.116. The summed E-state index contributed by atoms with van der Waals surface area (Å²) >= 11 is 0. The van der Waals surface area contributed by atoms with Crippen LogP contribution in [0.3, 0.4) is 0 Å². The number of methoxy groups -OCH3 is 1. The number of amides is 1. The molecule has 5 nitrogen and oxygen atoms in total. The highest BCUT2D eigenvalue weighted by molar-refractivity contribution is 5.91. The third-order valence-corrected chi connectivity index (χ3v) is 2.88. The van der Waals surface area contributed by atoms with Crippen molar-refractivity contribution in [2.75, 3.05) is 44.4 Å². The number of nitrogens with zero attached hydrogens (tertiary/aromatic N) is 1. The van der Waals surface area contributed by atoms with Gasteiger partial charge in [0.2, 0.25) is 5.91 Å². The Hall–Kier alpha value is -1.59. The Kier molecular flexibility index (Phi) is 6.92. The molecule has 19 heavy (non-hydrogen) atoms. The van der Waals surface area contributed by atoms with Crippen LogP contribution >= 0.6 is 0 Å². The van der Waals surface area contributed by atoms with E-state index in [0.717, 1.165) is 25.3 Å². The van der Waals surface area contributed by atoms with Gasteiger partial charge >= 0.3 is 0 Å². The lowest BCUT2D eigenvalue weighted by Gasteiger charge is -2.19. The average Bonchev–Trinajstić information content (AvgIpc) is 2.39. The molecule has 5 heteroatoms. The predicted octanol–water partition coefficient (Wildman–Crippen LogP) is 1.57. The van der Waals surface area contributed by atoms with E-state index in [2.05, 4.69) is 17.1 Å². The summed E-state index contributed by atoms with van der Waals surface area (Å²) in [5.41, 5.74) is 7.05. The van der Waals surface area contributed by atoms with Gasteiger partial charge in [0, 0.05) is 38.0 Å². The lowest BCUT2D eigenvalue weighted by Crippen LogP contribution is -2.30. The number of likely N-dealkylation sites (N-methyl/N-ethyl adjacent to an activating group) is 1. The first-order valence-corrected chi connectivity index (χ1v) is 6.52. The molecule has 0 fully saturated rings. The van der Waals surface area contributed by atoms with Crippen molar-refractivity contribution < 1.29 is 9.53 Å². The molecular weight excluding hydrogens is 242 g/mol. The van der Waals surface area contributed by atoms with E-state index in [1.54, 1.807) is 19.2 Å². The van der Waals surface area contributed by atoms with E-state index in [9.17, 15) is 4.79 Å². The second kappa shape index (κ2) is 8.50. The zero-order valence-electron chi connectivity index (χ0n) is 11.7. The van der Waals surface area contributed by atoms with Gasteiger partial charge in [0.15, 0.2) is 0 Å². The van der Waals surface area contributed by atoms with Crippen LogP contribution in [0.4, 0.5) is 11.4 Å². The summed E-state index contributed by atoms with van der Waals surface area (Å²) in [6.07, 6.45) is 0.465. The number of nitrogen functional groups attached to an aromatic ring is 1. The summed E-state index contributed by atoms with van der Waals surface area (Å²) in [6, 6.07) is 7.19. The number of rotatable bonds is 8. The van der Waals surface area contributed by atoms with Crippen LogP contribution in [0.2, 0.25) is 0 Å². The maximum absolute atomic E-state index is 11.8. The van der Waals surface area contributed by atoms with Crippen LogP contribution in [-0.4, -0.2) is 44.2 Å². The molecule has 0 aliphatic rings. The third-order valence-electron chi connectivity index (χ3n) is 2.88. The van der Waals surface area contributed by atoms with Gasteiger partial charge in [-0.1, -0.05) is 13.0 Å². The maximum Gasteiger partial charge on any atom is 0.225 e. The third kappa shape index (κ3) is 6.22. The number of ether oxygens (including phenoxy) is 1. The van der Waals surface area contributed by atoms with Gasteiger partial charge < -0.3 is 20.7 Å². The number of carbonyl (C=O) groups excluding carboxylic acids is 1. The molecule has 3 N–H and O–H groups in total. The van der Waals surface area contributed by atoms with Crippen LogP contribution < -0.4 is 11.1 Å². The second-order valence-corrected chi connectivity index (χ2v) is 4.35. The Morgan fingerprint density at radius 1 is 1.42 bits per heavy atom. The minimum absolute atomic E-state index is 0.00136. The fraction of sp³-hybridized carbons (Fsp3) is 0.500. The maximum atomic E-state index is 11.8. The number of nitrogens with two attached hydrogens (primary N) is 1. The normalized spacial score (nSPS) is 10.7. The molecule has 0 aromatic heterocycles. The molecule has 0 saturated carbocycles. The van der Waals surface area contributed by atoms with E-state index in [0.29, 0.717) is 18.7 Å². The Morgan fingerprint density at radius 2 is 2.21 bits per heavy atom. The number of carbonyl (C=O) groups is 1. The van der Waals surface area contributed by atoms with Crippen LogP contribution in [0.1, 0.15) is 13.3 Å². The SMILES string of the molecule is CCN(CCOC)CCC(=O)Nc1cccc(N)c1. The van der Waals surface area contributed by atoms with E-state index in [-0.39, 0.29) is 5.91 Å². The molecule has 0 heterocycles. The monoisotopic (exact) mass is 265 g/mol.